The molecule has 7 nitrogen and oxygen atoms in total. The lowest BCUT2D eigenvalue weighted by molar-refractivity contribution is -0.121. The first-order valence-corrected chi connectivity index (χ1v) is 10.5. The molecule has 1 amide bonds. The van der Waals surface area contributed by atoms with Gasteiger partial charge in [0, 0.05) is 24.9 Å². The molecule has 0 bridgehead atoms. The van der Waals surface area contributed by atoms with E-state index in [1.54, 1.807) is 7.11 Å². The van der Waals surface area contributed by atoms with Crippen molar-refractivity contribution in [1.29, 1.82) is 0 Å². The molecular formula is C24H30N4O3. The van der Waals surface area contributed by atoms with Gasteiger partial charge < -0.3 is 19.5 Å². The number of carbonyl (C=O) groups is 1. The lowest BCUT2D eigenvalue weighted by Crippen LogP contribution is -2.34. The molecule has 0 radical (unpaired) electrons. The average Bonchev–Trinajstić information content (AvgIpc) is 3.27. The Morgan fingerprint density at radius 1 is 1.13 bits per heavy atom. The largest absolute Gasteiger partial charge is 0.497 e. The summed E-state index contributed by atoms with van der Waals surface area (Å²) in [5.74, 6) is 1.77. The van der Waals surface area contributed by atoms with Gasteiger partial charge in [0.15, 0.2) is 0 Å². The minimum Gasteiger partial charge on any atom is -0.497 e. The number of aromatic nitrogens is 2. The lowest BCUT2D eigenvalue weighted by Gasteiger charge is -2.25. The fourth-order valence-corrected chi connectivity index (χ4v) is 3.31. The number of hydrogen-bond acceptors (Lipinski definition) is 6. The number of hydrogen-bond donors (Lipinski definition) is 1. The van der Waals surface area contributed by atoms with E-state index in [4.69, 9.17) is 9.26 Å². The van der Waals surface area contributed by atoms with Crippen molar-refractivity contribution in [2.75, 3.05) is 27.7 Å². The molecule has 164 valence electrons. The molecule has 31 heavy (non-hydrogen) atoms. The van der Waals surface area contributed by atoms with Crippen molar-refractivity contribution in [2.45, 2.75) is 32.2 Å². The van der Waals surface area contributed by atoms with Gasteiger partial charge in [-0.15, -0.1) is 0 Å². The monoisotopic (exact) mass is 422 g/mol. The quantitative estimate of drug-likeness (QED) is 0.537. The summed E-state index contributed by atoms with van der Waals surface area (Å²) in [5, 5.41) is 7.05. The van der Waals surface area contributed by atoms with E-state index in [0.717, 1.165) is 23.3 Å². The fourth-order valence-electron chi connectivity index (χ4n) is 3.31. The van der Waals surface area contributed by atoms with Crippen LogP contribution in [0.3, 0.4) is 0 Å². The number of benzene rings is 2. The van der Waals surface area contributed by atoms with E-state index in [0.29, 0.717) is 31.1 Å². The molecule has 7 heteroatoms. The smallest absolute Gasteiger partial charge is 0.227 e. The third kappa shape index (κ3) is 6.15. The van der Waals surface area contributed by atoms with Crippen LogP contribution in [0.15, 0.2) is 53.1 Å². The van der Waals surface area contributed by atoms with Crippen LogP contribution in [0.1, 0.15) is 36.4 Å². The van der Waals surface area contributed by atoms with Gasteiger partial charge >= 0.3 is 0 Å². The first-order chi connectivity index (χ1) is 15.0. The zero-order chi connectivity index (χ0) is 22.2. The maximum atomic E-state index is 12.4. The van der Waals surface area contributed by atoms with Crippen LogP contribution < -0.4 is 10.1 Å². The van der Waals surface area contributed by atoms with Crippen molar-refractivity contribution >= 4 is 5.91 Å². The number of aryl methyl sites for hydroxylation is 2. The van der Waals surface area contributed by atoms with Gasteiger partial charge in [0.05, 0.1) is 13.2 Å². The molecule has 1 heterocycles. The number of methoxy groups -OCH3 is 1. The Hall–Kier alpha value is -3.19. The molecule has 0 aliphatic carbocycles. The second-order valence-corrected chi connectivity index (χ2v) is 7.62. The molecule has 0 aliphatic rings. The van der Waals surface area contributed by atoms with E-state index < -0.39 is 0 Å². The summed E-state index contributed by atoms with van der Waals surface area (Å²) in [6.45, 7) is 2.63. The molecule has 1 atom stereocenters. The van der Waals surface area contributed by atoms with Gasteiger partial charge in [-0.2, -0.15) is 4.98 Å². The number of nitrogens with one attached hydrogen (secondary N) is 1. The maximum absolute atomic E-state index is 12.4. The number of nitrogens with zero attached hydrogens (tertiary/aromatic N) is 3. The Kier molecular flexibility index (Phi) is 7.78. The predicted octanol–water partition coefficient (Wildman–Crippen LogP) is 3.66. The van der Waals surface area contributed by atoms with E-state index in [1.165, 1.54) is 5.56 Å². The molecule has 1 unspecified atom stereocenters. The number of rotatable bonds is 10. The number of likely N-dealkylation sites (N-methyl/N-ethyl adjacent to an activating group) is 1. The summed E-state index contributed by atoms with van der Waals surface area (Å²) in [7, 11) is 5.63. The lowest BCUT2D eigenvalue weighted by atomic mass is 10.1. The van der Waals surface area contributed by atoms with Crippen LogP contribution in [-0.4, -0.2) is 48.7 Å². The highest BCUT2D eigenvalue weighted by atomic mass is 16.5. The van der Waals surface area contributed by atoms with Crippen LogP contribution >= 0.6 is 0 Å². The zero-order valence-electron chi connectivity index (χ0n) is 18.6. The Labute approximate surface area is 183 Å². The molecule has 1 N–H and O–H groups in total. The highest BCUT2D eigenvalue weighted by Crippen LogP contribution is 2.21. The van der Waals surface area contributed by atoms with E-state index >= 15 is 0 Å². The van der Waals surface area contributed by atoms with Gasteiger partial charge in [-0.1, -0.05) is 48.5 Å². The maximum Gasteiger partial charge on any atom is 0.227 e. The Morgan fingerprint density at radius 3 is 2.45 bits per heavy atom. The number of amides is 1. The van der Waals surface area contributed by atoms with Gasteiger partial charge in [0.1, 0.15) is 5.75 Å². The second kappa shape index (κ2) is 10.7. The van der Waals surface area contributed by atoms with Crippen molar-refractivity contribution in [3.8, 4) is 17.1 Å². The van der Waals surface area contributed by atoms with Crippen molar-refractivity contribution in [3.05, 3.63) is 65.5 Å². The molecule has 0 saturated carbocycles. The molecular weight excluding hydrogens is 392 g/mol. The summed E-state index contributed by atoms with van der Waals surface area (Å²) in [5.41, 5.74) is 3.28. The van der Waals surface area contributed by atoms with Crippen molar-refractivity contribution in [1.82, 2.24) is 20.4 Å². The van der Waals surface area contributed by atoms with Crippen molar-refractivity contribution < 1.29 is 14.1 Å². The minimum absolute atomic E-state index is 0.0487. The van der Waals surface area contributed by atoms with Gasteiger partial charge in [0.25, 0.3) is 0 Å². The first-order valence-electron chi connectivity index (χ1n) is 10.5. The normalized spacial score (nSPS) is 12.0. The van der Waals surface area contributed by atoms with Gasteiger partial charge in [-0.3, -0.25) is 4.79 Å². The van der Waals surface area contributed by atoms with Gasteiger partial charge in [-0.25, -0.2) is 0 Å². The molecule has 0 aliphatic heterocycles. The second-order valence-electron chi connectivity index (χ2n) is 7.62. The Bertz CT molecular complexity index is 965. The summed E-state index contributed by atoms with van der Waals surface area (Å²) in [6.07, 6.45) is 1.68. The number of ether oxygens (including phenoxy) is 1. The summed E-state index contributed by atoms with van der Waals surface area (Å²) in [6, 6.07) is 16.0. The Balaban J connectivity index is 1.51. The molecule has 3 rings (SSSR count). The Morgan fingerprint density at radius 2 is 1.84 bits per heavy atom. The summed E-state index contributed by atoms with van der Waals surface area (Å²) < 4.78 is 10.5. The van der Waals surface area contributed by atoms with Crippen LogP contribution in [0.2, 0.25) is 0 Å². The van der Waals surface area contributed by atoms with E-state index in [1.807, 2.05) is 50.5 Å². The van der Waals surface area contributed by atoms with Gasteiger partial charge in [0.2, 0.25) is 17.6 Å². The van der Waals surface area contributed by atoms with Crippen LogP contribution in [0.5, 0.6) is 5.75 Å². The van der Waals surface area contributed by atoms with Gasteiger partial charge in [-0.05, 0) is 43.8 Å². The van der Waals surface area contributed by atoms with E-state index in [-0.39, 0.29) is 11.9 Å². The van der Waals surface area contributed by atoms with Crippen LogP contribution in [-0.2, 0) is 17.6 Å². The highest BCUT2D eigenvalue weighted by molar-refractivity contribution is 5.76. The van der Waals surface area contributed by atoms with Crippen LogP contribution in [0.25, 0.3) is 11.4 Å². The molecule has 1 aromatic heterocycles. The highest BCUT2D eigenvalue weighted by Gasteiger charge is 2.16. The standard InChI is InChI=1S/C24H30N4O3/c1-5-17-6-8-19(9-7-17)24-26-23(31-27-24)15-14-22(29)25-16-21(28(2)3)18-10-12-20(30-4)13-11-18/h6-13,21H,5,14-16H2,1-4H3,(H,25,29). The molecule has 0 fully saturated rings. The van der Waals surface area contributed by atoms with Crippen LogP contribution in [0, 0.1) is 0 Å². The van der Waals surface area contributed by atoms with Crippen molar-refractivity contribution in [3.63, 3.8) is 0 Å². The zero-order valence-corrected chi connectivity index (χ0v) is 18.6. The fraction of sp³-hybridized carbons (Fsp3) is 0.375. The topological polar surface area (TPSA) is 80.5 Å². The van der Waals surface area contributed by atoms with Crippen molar-refractivity contribution in [2.24, 2.45) is 0 Å². The van der Waals surface area contributed by atoms with E-state index in [2.05, 4.69) is 39.4 Å². The third-order valence-electron chi connectivity index (χ3n) is 5.27. The van der Waals surface area contributed by atoms with Crippen LogP contribution in [0.4, 0.5) is 0 Å². The molecule has 0 spiro atoms. The minimum atomic E-state index is -0.0487. The average molecular weight is 423 g/mol. The number of carbonyl (C=O) groups excluding carboxylic acids is 1. The summed E-state index contributed by atoms with van der Waals surface area (Å²) in [4.78, 5) is 18.9. The summed E-state index contributed by atoms with van der Waals surface area (Å²) >= 11 is 0. The SMILES string of the molecule is CCc1ccc(-c2noc(CCC(=O)NCC(c3ccc(OC)cc3)N(C)C)n2)cc1. The molecule has 2 aromatic carbocycles. The van der Waals surface area contributed by atoms with E-state index in [9.17, 15) is 4.79 Å². The molecule has 3 aromatic rings. The third-order valence-corrected chi connectivity index (χ3v) is 5.27. The first kappa shape index (κ1) is 22.5. The molecule has 0 saturated heterocycles. The predicted molar refractivity (Wildman–Crippen MR) is 120 cm³/mol.